The topological polar surface area (TPSA) is 49.4 Å². The van der Waals surface area contributed by atoms with Crippen LogP contribution in [0.5, 0.6) is 0 Å². The zero-order valence-corrected chi connectivity index (χ0v) is 13.6. The first-order chi connectivity index (χ1) is 10.1. The third-order valence-electron chi connectivity index (χ3n) is 3.72. The summed E-state index contributed by atoms with van der Waals surface area (Å²) in [6.07, 6.45) is 5.80. The van der Waals surface area contributed by atoms with E-state index in [1.54, 1.807) is 10.4 Å². The lowest BCUT2D eigenvalue weighted by molar-refractivity contribution is 0.437. The number of benzene rings is 1. The Morgan fingerprint density at radius 2 is 2.10 bits per heavy atom. The Morgan fingerprint density at radius 1 is 1.29 bits per heavy atom. The lowest BCUT2D eigenvalue weighted by Crippen LogP contribution is -2.33. The van der Waals surface area contributed by atoms with E-state index < -0.39 is 10.0 Å². The smallest absolute Gasteiger partial charge is 0.243 e. The van der Waals surface area contributed by atoms with Gasteiger partial charge in [0.25, 0.3) is 0 Å². The van der Waals surface area contributed by atoms with E-state index >= 15 is 0 Å². The Kier molecular flexibility index (Phi) is 5.56. The zero-order valence-electron chi connectivity index (χ0n) is 12.8. The molecular formula is C16H24N2O2S. The number of hydrogen-bond acceptors (Lipinski definition) is 3. The summed E-state index contributed by atoms with van der Waals surface area (Å²) in [7, 11) is -3.38. The molecule has 2 rings (SSSR count). The van der Waals surface area contributed by atoms with Crippen molar-refractivity contribution < 1.29 is 8.42 Å². The molecule has 1 aliphatic heterocycles. The molecule has 0 unspecified atom stereocenters. The van der Waals surface area contributed by atoms with Crippen molar-refractivity contribution in [2.24, 2.45) is 0 Å². The number of nitrogens with zero attached hydrogens (tertiary/aromatic N) is 1. The SMILES string of the molecule is CCCNCc1cc(S(=O)(=O)N2CC=CCC2)ccc1C. The van der Waals surface area contributed by atoms with Gasteiger partial charge in [0.05, 0.1) is 4.90 Å². The minimum absolute atomic E-state index is 0.400. The second-order valence-electron chi connectivity index (χ2n) is 5.39. The highest BCUT2D eigenvalue weighted by Crippen LogP contribution is 2.21. The van der Waals surface area contributed by atoms with Crippen LogP contribution in [0.2, 0.25) is 0 Å². The van der Waals surface area contributed by atoms with E-state index in [1.807, 2.05) is 31.2 Å². The summed E-state index contributed by atoms with van der Waals surface area (Å²) < 4.78 is 26.8. The van der Waals surface area contributed by atoms with Gasteiger partial charge in [-0.1, -0.05) is 25.1 Å². The molecule has 1 heterocycles. The van der Waals surface area contributed by atoms with Crippen LogP contribution in [0.3, 0.4) is 0 Å². The first-order valence-corrected chi connectivity index (χ1v) is 8.95. The molecule has 0 fully saturated rings. The van der Waals surface area contributed by atoms with E-state index in [2.05, 4.69) is 12.2 Å². The highest BCUT2D eigenvalue weighted by Gasteiger charge is 2.24. The normalized spacial score (nSPS) is 16.3. The molecule has 0 aliphatic carbocycles. The number of aryl methyl sites for hydroxylation is 1. The van der Waals surface area contributed by atoms with Crippen molar-refractivity contribution in [3.8, 4) is 0 Å². The standard InChI is InChI=1S/C16H24N2O2S/c1-3-9-17-13-15-12-16(8-7-14(15)2)21(19,20)18-10-5-4-6-11-18/h4-5,7-8,12,17H,3,6,9-11,13H2,1-2H3. The largest absolute Gasteiger partial charge is 0.313 e. The van der Waals surface area contributed by atoms with E-state index in [9.17, 15) is 8.42 Å². The van der Waals surface area contributed by atoms with E-state index in [0.29, 0.717) is 24.5 Å². The van der Waals surface area contributed by atoms with Crippen LogP contribution in [0.1, 0.15) is 30.9 Å². The molecule has 0 saturated heterocycles. The van der Waals surface area contributed by atoms with Crippen LogP contribution in [0.15, 0.2) is 35.2 Å². The molecule has 116 valence electrons. The summed E-state index contributed by atoms with van der Waals surface area (Å²) in [5.41, 5.74) is 2.17. The summed E-state index contributed by atoms with van der Waals surface area (Å²) >= 11 is 0. The summed E-state index contributed by atoms with van der Waals surface area (Å²) in [6, 6.07) is 5.42. The molecule has 21 heavy (non-hydrogen) atoms. The second-order valence-corrected chi connectivity index (χ2v) is 7.33. The van der Waals surface area contributed by atoms with Crippen molar-refractivity contribution in [2.75, 3.05) is 19.6 Å². The van der Waals surface area contributed by atoms with Crippen LogP contribution >= 0.6 is 0 Å². The van der Waals surface area contributed by atoms with Gasteiger partial charge in [0, 0.05) is 19.6 Å². The van der Waals surface area contributed by atoms with Crippen LogP contribution in [-0.4, -0.2) is 32.4 Å². The Labute approximate surface area is 127 Å². The van der Waals surface area contributed by atoms with Gasteiger partial charge < -0.3 is 5.32 Å². The average Bonchev–Trinajstić information content (AvgIpc) is 2.50. The molecule has 0 radical (unpaired) electrons. The van der Waals surface area contributed by atoms with Gasteiger partial charge in [-0.2, -0.15) is 4.31 Å². The Balaban J connectivity index is 2.22. The predicted molar refractivity (Wildman–Crippen MR) is 85.7 cm³/mol. The van der Waals surface area contributed by atoms with E-state index in [-0.39, 0.29) is 0 Å². The van der Waals surface area contributed by atoms with Crippen molar-refractivity contribution in [1.82, 2.24) is 9.62 Å². The first-order valence-electron chi connectivity index (χ1n) is 7.51. The van der Waals surface area contributed by atoms with E-state index in [4.69, 9.17) is 0 Å². The van der Waals surface area contributed by atoms with Crippen molar-refractivity contribution >= 4 is 10.0 Å². The lowest BCUT2D eigenvalue weighted by atomic mass is 10.1. The molecule has 0 saturated carbocycles. The molecule has 1 aromatic rings. The molecule has 0 spiro atoms. The maximum Gasteiger partial charge on any atom is 0.243 e. The van der Waals surface area contributed by atoms with Gasteiger partial charge in [-0.25, -0.2) is 8.42 Å². The molecule has 0 atom stereocenters. The quantitative estimate of drug-likeness (QED) is 0.649. The minimum Gasteiger partial charge on any atom is -0.313 e. The Hall–Kier alpha value is -1.17. The summed E-state index contributed by atoms with van der Waals surface area (Å²) in [5, 5.41) is 3.33. The molecular weight excluding hydrogens is 284 g/mol. The van der Waals surface area contributed by atoms with Crippen molar-refractivity contribution in [1.29, 1.82) is 0 Å². The number of nitrogens with one attached hydrogen (secondary N) is 1. The molecule has 0 amide bonds. The molecule has 0 bridgehead atoms. The third-order valence-corrected chi connectivity index (χ3v) is 5.58. The number of sulfonamides is 1. The predicted octanol–water partition coefficient (Wildman–Crippen LogP) is 2.45. The van der Waals surface area contributed by atoms with Gasteiger partial charge in [-0.05, 0) is 49.6 Å². The first kappa shape index (κ1) is 16.2. The van der Waals surface area contributed by atoms with Gasteiger partial charge in [0.1, 0.15) is 0 Å². The summed E-state index contributed by atoms with van der Waals surface area (Å²) in [5.74, 6) is 0. The van der Waals surface area contributed by atoms with Crippen LogP contribution in [0.25, 0.3) is 0 Å². The molecule has 1 N–H and O–H groups in total. The highest BCUT2D eigenvalue weighted by molar-refractivity contribution is 7.89. The molecule has 1 aromatic carbocycles. The van der Waals surface area contributed by atoms with Gasteiger partial charge >= 0.3 is 0 Å². The van der Waals surface area contributed by atoms with Crippen LogP contribution in [0.4, 0.5) is 0 Å². The number of hydrogen-bond donors (Lipinski definition) is 1. The van der Waals surface area contributed by atoms with Crippen LogP contribution in [0, 0.1) is 6.92 Å². The van der Waals surface area contributed by atoms with Gasteiger partial charge in [-0.15, -0.1) is 0 Å². The van der Waals surface area contributed by atoms with E-state index in [1.165, 1.54) is 0 Å². The summed E-state index contributed by atoms with van der Waals surface area (Å²) in [4.78, 5) is 0.400. The highest BCUT2D eigenvalue weighted by atomic mass is 32.2. The lowest BCUT2D eigenvalue weighted by Gasteiger charge is -2.23. The minimum atomic E-state index is -3.38. The Bertz CT molecular complexity index is 609. The molecule has 5 heteroatoms. The second kappa shape index (κ2) is 7.20. The van der Waals surface area contributed by atoms with E-state index in [0.717, 1.165) is 30.5 Å². The fourth-order valence-corrected chi connectivity index (χ4v) is 3.84. The van der Waals surface area contributed by atoms with Gasteiger partial charge in [0.15, 0.2) is 0 Å². The maximum absolute atomic E-state index is 12.7. The summed E-state index contributed by atoms with van der Waals surface area (Å²) in [6.45, 7) is 6.82. The molecule has 0 aromatic heterocycles. The zero-order chi connectivity index (χ0) is 15.3. The van der Waals surface area contributed by atoms with Crippen LogP contribution < -0.4 is 5.32 Å². The van der Waals surface area contributed by atoms with Gasteiger partial charge in [0.2, 0.25) is 10.0 Å². The van der Waals surface area contributed by atoms with Gasteiger partial charge in [-0.3, -0.25) is 0 Å². The number of rotatable bonds is 6. The fourth-order valence-electron chi connectivity index (χ4n) is 2.39. The fraction of sp³-hybridized carbons (Fsp3) is 0.500. The van der Waals surface area contributed by atoms with Crippen LogP contribution in [-0.2, 0) is 16.6 Å². The average molecular weight is 308 g/mol. The van der Waals surface area contributed by atoms with Crippen molar-refractivity contribution in [3.05, 3.63) is 41.5 Å². The Morgan fingerprint density at radius 3 is 2.76 bits per heavy atom. The molecule has 1 aliphatic rings. The van der Waals surface area contributed by atoms with Crippen molar-refractivity contribution in [3.63, 3.8) is 0 Å². The van der Waals surface area contributed by atoms with Crippen molar-refractivity contribution in [2.45, 2.75) is 38.1 Å². The monoisotopic (exact) mass is 308 g/mol. The molecule has 4 nitrogen and oxygen atoms in total. The third kappa shape index (κ3) is 3.93. The maximum atomic E-state index is 12.7.